The monoisotopic (exact) mass is 276 g/mol. The number of benzene rings is 1. The highest BCUT2D eigenvalue weighted by Crippen LogP contribution is 2.12. The van der Waals surface area contributed by atoms with Gasteiger partial charge in [-0.3, -0.25) is 4.79 Å². The summed E-state index contributed by atoms with van der Waals surface area (Å²) >= 11 is 0. The number of rotatable bonds is 6. The Morgan fingerprint density at radius 2 is 2.15 bits per heavy atom. The number of aryl methyl sites for hydroxylation is 1. The van der Waals surface area contributed by atoms with Crippen LogP contribution in [0.2, 0.25) is 0 Å². The predicted octanol–water partition coefficient (Wildman–Crippen LogP) is 1.45. The Labute approximate surface area is 121 Å². The fourth-order valence-corrected chi connectivity index (χ4v) is 2.61. The lowest BCUT2D eigenvalue weighted by Gasteiger charge is -2.21. The zero-order valence-corrected chi connectivity index (χ0v) is 12.3. The van der Waals surface area contributed by atoms with Gasteiger partial charge in [-0.05, 0) is 24.8 Å². The number of hydrogen-bond donors (Lipinski definition) is 1. The lowest BCUT2D eigenvalue weighted by atomic mass is 10.1. The van der Waals surface area contributed by atoms with Crippen LogP contribution in [-0.4, -0.2) is 50.2 Å². The summed E-state index contributed by atoms with van der Waals surface area (Å²) in [7, 11) is 3.58. The second-order valence-electron chi connectivity index (χ2n) is 5.40. The number of amides is 1. The van der Waals surface area contributed by atoms with E-state index in [4.69, 9.17) is 4.74 Å². The Balaban J connectivity index is 1.72. The molecule has 1 aliphatic heterocycles. The molecule has 0 aromatic heterocycles. The average molecular weight is 276 g/mol. The first-order valence-corrected chi connectivity index (χ1v) is 7.26. The average Bonchev–Trinajstić information content (AvgIpc) is 2.96. The van der Waals surface area contributed by atoms with Crippen LogP contribution >= 0.6 is 0 Å². The number of ether oxygens (including phenoxy) is 1. The van der Waals surface area contributed by atoms with Gasteiger partial charge in [0, 0.05) is 27.2 Å². The van der Waals surface area contributed by atoms with Crippen molar-refractivity contribution in [3.63, 3.8) is 0 Å². The van der Waals surface area contributed by atoms with Gasteiger partial charge in [0.1, 0.15) is 0 Å². The maximum absolute atomic E-state index is 12.3. The van der Waals surface area contributed by atoms with Crippen LogP contribution in [0, 0.1) is 0 Å². The zero-order chi connectivity index (χ0) is 14.4. The minimum atomic E-state index is -0.0818. The van der Waals surface area contributed by atoms with E-state index in [9.17, 15) is 4.79 Å². The van der Waals surface area contributed by atoms with Gasteiger partial charge in [0.15, 0.2) is 0 Å². The number of nitrogens with one attached hydrogen (secondary N) is 1. The molecule has 4 nitrogen and oxygen atoms in total. The number of hydrogen-bond acceptors (Lipinski definition) is 3. The highest BCUT2D eigenvalue weighted by molar-refractivity contribution is 5.82. The molecule has 2 rings (SSSR count). The van der Waals surface area contributed by atoms with Crippen LogP contribution in [0.15, 0.2) is 30.3 Å². The highest BCUT2D eigenvalue weighted by Gasteiger charge is 2.30. The summed E-state index contributed by atoms with van der Waals surface area (Å²) in [6.45, 7) is 1.56. The van der Waals surface area contributed by atoms with E-state index in [0.29, 0.717) is 0 Å². The van der Waals surface area contributed by atoms with Crippen molar-refractivity contribution in [2.45, 2.75) is 31.4 Å². The first kappa shape index (κ1) is 15.0. The summed E-state index contributed by atoms with van der Waals surface area (Å²) in [5.74, 6) is 0.178. The lowest BCUT2D eigenvalue weighted by Crippen LogP contribution is -2.42. The van der Waals surface area contributed by atoms with Crippen LogP contribution in [0.5, 0.6) is 0 Å². The molecule has 1 aromatic rings. The summed E-state index contributed by atoms with van der Waals surface area (Å²) in [6.07, 6.45) is 2.95. The molecule has 20 heavy (non-hydrogen) atoms. The van der Waals surface area contributed by atoms with Gasteiger partial charge in [0.05, 0.1) is 12.1 Å². The van der Waals surface area contributed by atoms with Crippen LogP contribution in [0.3, 0.4) is 0 Å². The second-order valence-corrected chi connectivity index (χ2v) is 5.40. The lowest BCUT2D eigenvalue weighted by molar-refractivity contribution is -0.132. The summed E-state index contributed by atoms with van der Waals surface area (Å²) in [5, 5.41) is 3.23. The van der Waals surface area contributed by atoms with E-state index in [2.05, 4.69) is 29.6 Å². The molecule has 0 saturated carbocycles. The van der Waals surface area contributed by atoms with Crippen molar-refractivity contribution in [2.24, 2.45) is 0 Å². The first-order valence-electron chi connectivity index (χ1n) is 7.26. The molecule has 2 atom stereocenters. The van der Waals surface area contributed by atoms with Gasteiger partial charge in [-0.2, -0.15) is 0 Å². The molecule has 1 amide bonds. The molecule has 1 fully saturated rings. The van der Waals surface area contributed by atoms with Crippen LogP contribution in [0.1, 0.15) is 18.4 Å². The fraction of sp³-hybridized carbons (Fsp3) is 0.562. The van der Waals surface area contributed by atoms with Gasteiger partial charge in [-0.25, -0.2) is 0 Å². The van der Waals surface area contributed by atoms with E-state index >= 15 is 0 Å². The van der Waals surface area contributed by atoms with Crippen LogP contribution in [-0.2, 0) is 16.0 Å². The largest absolute Gasteiger partial charge is 0.380 e. The van der Waals surface area contributed by atoms with Crippen molar-refractivity contribution in [1.82, 2.24) is 10.2 Å². The molecular weight excluding hydrogens is 252 g/mol. The van der Waals surface area contributed by atoms with Crippen LogP contribution in [0.4, 0.5) is 0 Å². The number of carbonyl (C=O) groups excluding carboxylic acids is 1. The fourth-order valence-electron chi connectivity index (χ4n) is 2.61. The Bertz CT molecular complexity index is 422. The molecule has 1 N–H and O–H groups in total. The number of likely N-dealkylation sites (N-methyl/N-ethyl adjacent to an activating group) is 1. The predicted molar refractivity (Wildman–Crippen MR) is 79.6 cm³/mol. The summed E-state index contributed by atoms with van der Waals surface area (Å²) in [4.78, 5) is 14.1. The van der Waals surface area contributed by atoms with Gasteiger partial charge >= 0.3 is 0 Å². The van der Waals surface area contributed by atoms with Crippen molar-refractivity contribution < 1.29 is 9.53 Å². The summed E-state index contributed by atoms with van der Waals surface area (Å²) in [6, 6.07) is 10.3. The third-order valence-corrected chi connectivity index (χ3v) is 3.90. The van der Waals surface area contributed by atoms with E-state index in [0.717, 1.165) is 32.4 Å². The number of nitrogens with zero attached hydrogens (tertiary/aromatic N) is 1. The Kier molecular flexibility index (Phi) is 5.56. The molecule has 0 aliphatic carbocycles. The molecule has 0 bridgehead atoms. The molecule has 2 unspecified atom stereocenters. The molecule has 0 spiro atoms. The van der Waals surface area contributed by atoms with Crippen molar-refractivity contribution >= 4 is 5.91 Å². The third-order valence-electron chi connectivity index (χ3n) is 3.90. The minimum Gasteiger partial charge on any atom is -0.380 e. The van der Waals surface area contributed by atoms with Gasteiger partial charge < -0.3 is 15.0 Å². The van der Waals surface area contributed by atoms with Crippen LogP contribution < -0.4 is 5.32 Å². The molecule has 1 aromatic carbocycles. The second kappa shape index (κ2) is 7.41. The third kappa shape index (κ3) is 4.05. The number of methoxy groups -OCH3 is 1. The molecular formula is C16H24N2O2. The van der Waals surface area contributed by atoms with Crippen molar-refractivity contribution in [3.05, 3.63) is 35.9 Å². The van der Waals surface area contributed by atoms with Crippen molar-refractivity contribution in [1.29, 1.82) is 0 Å². The topological polar surface area (TPSA) is 41.6 Å². The van der Waals surface area contributed by atoms with Crippen molar-refractivity contribution in [2.75, 3.05) is 27.2 Å². The molecule has 0 radical (unpaired) electrons. The van der Waals surface area contributed by atoms with Gasteiger partial charge in [-0.15, -0.1) is 0 Å². The van der Waals surface area contributed by atoms with E-state index < -0.39 is 0 Å². The van der Waals surface area contributed by atoms with E-state index in [1.54, 1.807) is 7.11 Å². The first-order chi connectivity index (χ1) is 9.70. The van der Waals surface area contributed by atoms with E-state index in [1.807, 2.05) is 18.0 Å². The highest BCUT2D eigenvalue weighted by atomic mass is 16.5. The SMILES string of the molecule is COC1CNC(C(=O)N(C)CCCc2ccccc2)C1. The smallest absolute Gasteiger partial charge is 0.239 e. The minimum absolute atomic E-state index is 0.0818. The van der Waals surface area contributed by atoms with Gasteiger partial charge in [0.2, 0.25) is 5.91 Å². The quantitative estimate of drug-likeness (QED) is 0.855. The molecule has 1 saturated heterocycles. The van der Waals surface area contributed by atoms with Gasteiger partial charge in [0.25, 0.3) is 0 Å². The Morgan fingerprint density at radius 1 is 1.40 bits per heavy atom. The summed E-state index contributed by atoms with van der Waals surface area (Å²) in [5.41, 5.74) is 1.33. The maximum Gasteiger partial charge on any atom is 0.239 e. The summed E-state index contributed by atoms with van der Waals surface area (Å²) < 4.78 is 5.28. The van der Waals surface area contributed by atoms with Crippen LogP contribution in [0.25, 0.3) is 0 Å². The molecule has 110 valence electrons. The Morgan fingerprint density at radius 3 is 2.80 bits per heavy atom. The molecule has 4 heteroatoms. The van der Waals surface area contributed by atoms with Gasteiger partial charge in [-0.1, -0.05) is 30.3 Å². The standard InChI is InChI=1S/C16H24N2O2/c1-18(10-6-9-13-7-4-3-5-8-13)16(19)15-11-14(20-2)12-17-15/h3-5,7-8,14-15,17H,6,9-12H2,1-2H3. The van der Waals surface area contributed by atoms with E-state index in [1.165, 1.54) is 5.56 Å². The molecule has 1 aliphatic rings. The number of carbonyl (C=O) groups is 1. The van der Waals surface area contributed by atoms with E-state index in [-0.39, 0.29) is 18.1 Å². The zero-order valence-electron chi connectivity index (χ0n) is 12.3. The maximum atomic E-state index is 12.3. The van der Waals surface area contributed by atoms with Crippen molar-refractivity contribution in [3.8, 4) is 0 Å². The Hall–Kier alpha value is -1.39. The normalized spacial score (nSPS) is 21.9. The molecule has 1 heterocycles.